The lowest BCUT2D eigenvalue weighted by Gasteiger charge is -2.28. The zero-order chi connectivity index (χ0) is 12.8. The summed E-state index contributed by atoms with van der Waals surface area (Å²) in [6.07, 6.45) is 7.54. The van der Waals surface area contributed by atoms with Gasteiger partial charge in [-0.25, -0.2) is 4.68 Å². The molecule has 4 nitrogen and oxygen atoms in total. The fraction of sp³-hybridized carbons (Fsp3) is 0.429. The van der Waals surface area contributed by atoms with Crippen LogP contribution in [0.2, 0.25) is 0 Å². The second-order valence-corrected chi connectivity index (χ2v) is 6.13. The number of hydrogen-bond acceptors (Lipinski definition) is 3. The van der Waals surface area contributed by atoms with E-state index in [1.54, 1.807) is 6.20 Å². The van der Waals surface area contributed by atoms with E-state index in [2.05, 4.69) is 37.0 Å². The zero-order valence-electron chi connectivity index (χ0n) is 10.5. The summed E-state index contributed by atoms with van der Waals surface area (Å²) >= 11 is 3.70. The van der Waals surface area contributed by atoms with Crippen molar-refractivity contribution in [3.8, 4) is 11.3 Å². The number of anilines is 1. The molecular weight excluding hydrogens is 304 g/mol. The van der Waals surface area contributed by atoms with Crippen LogP contribution in [-0.2, 0) is 0 Å². The maximum atomic E-state index is 4.83. The van der Waals surface area contributed by atoms with Crippen LogP contribution in [0.25, 0.3) is 11.3 Å². The summed E-state index contributed by atoms with van der Waals surface area (Å²) in [7, 11) is 0. The molecule has 0 saturated heterocycles. The van der Waals surface area contributed by atoms with Crippen molar-refractivity contribution in [2.24, 2.45) is 5.92 Å². The highest BCUT2D eigenvalue weighted by Crippen LogP contribution is 2.44. The molecule has 1 N–H and O–H groups in total. The number of pyridine rings is 1. The van der Waals surface area contributed by atoms with Gasteiger partial charge >= 0.3 is 0 Å². The Kier molecular flexibility index (Phi) is 2.62. The number of nitrogens with zero attached hydrogens (tertiary/aromatic N) is 3. The van der Waals surface area contributed by atoms with Gasteiger partial charge in [0.2, 0.25) is 0 Å². The van der Waals surface area contributed by atoms with E-state index in [1.807, 2.05) is 12.3 Å². The lowest BCUT2D eigenvalue weighted by molar-refractivity contribution is 0.348. The molecule has 2 aromatic rings. The first-order valence-electron chi connectivity index (χ1n) is 6.77. The van der Waals surface area contributed by atoms with Crippen molar-refractivity contribution in [3.05, 3.63) is 29.0 Å². The molecule has 4 rings (SSSR count). The number of fused-ring (bicyclic) bond motifs is 3. The predicted octanol–water partition coefficient (Wildman–Crippen LogP) is 3.47. The number of aromatic nitrogens is 3. The summed E-state index contributed by atoms with van der Waals surface area (Å²) in [6, 6.07) is 4.57. The highest BCUT2D eigenvalue weighted by molar-refractivity contribution is 9.10. The molecule has 2 aliphatic rings. The van der Waals surface area contributed by atoms with Gasteiger partial charge in [0.15, 0.2) is 0 Å². The number of hydrogen-bond donors (Lipinski definition) is 1. The molecular formula is C14H15BrN4. The molecule has 0 amide bonds. The van der Waals surface area contributed by atoms with E-state index in [0.29, 0.717) is 6.04 Å². The van der Waals surface area contributed by atoms with E-state index in [9.17, 15) is 0 Å². The Morgan fingerprint density at radius 1 is 1.37 bits per heavy atom. The molecule has 1 saturated carbocycles. The minimum Gasteiger partial charge on any atom is -0.369 e. The summed E-state index contributed by atoms with van der Waals surface area (Å²) < 4.78 is 3.25. The summed E-state index contributed by atoms with van der Waals surface area (Å²) in [5.41, 5.74) is 2.05. The minimum absolute atomic E-state index is 0.568. The van der Waals surface area contributed by atoms with Crippen molar-refractivity contribution in [1.29, 1.82) is 0 Å². The van der Waals surface area contributed by atoms with E-state index in [1.165, 1.54) is 19.3 Å². The lowest BCUT2D eigenvalue weighted by atomic mass is 10.0. The molecule has 2 aromatic heterocycles. The molecule has 1 fully saturated rings. The summed E-state index contributed by atoms with van der Waals surface area (Å²) in [4.78, 5) is 4.18. The Morgan fingerprint density at radius 2 is 2.32 bits per heavy atom. The Bertz CT molecular complexity index is 607. The molecule has 1 aliphatic heterocycles. The third-order valence-electron chi connectivity index (χ3n) is 4.25. The van der Waals surface area contributed by atoms with Crippen LogP contribution in [0.15, 0.2) is 29.0 Å². The van der Waals surface area contributed by atoms with Gasteiger partial charge in [-0.1, -0.05) is 6.42 Å². The van der Waals surface area contributed by atoms with E-state index in [-0.39, 0.29) is 0 Å². The smallest absolute Gasteiger partial charge is 0.139 e. The second-order valence-electron chi connectivity index (χ2n) is 5.34. The number of nitrogens with one attached hydrogen (secondary N) is 1. The summed E-state index contributed by atoms with van der Waals surface area (Å²) in [5, 5.41) is 8.36. The van der Waals surface area contributed by atoms with Gasteiger partial charge in [-0.3, -0.25) is 4.98 Å². The van der Waals surface area contributed by atoms with Crippen molar-refractivity contribution in [3.63, 3.8) is 0 Å². The quantitative estimate of drug-likeness (QED) is 0.875. The Morgan fingerprint density at radius 3 is 3.16 bits per heavy atom. The van der Waals surface area contributed by atoms with Crippen molar-refractivity contribution in [1.82, 2.24) is 14.8 Å². The molecule has 0 radical (unpaired) electrons. The van der Waals surface area contributed by atoms with E-state index < -0.39 is 0 Å². The highest BCUT2D eigenvalue weighted by atomic mass is 79.9. The first-order chi connectivity index (χ1) is 9.34. The van der Waals surface area contributed by atoms with Crippen molar-refractivity contribution < 1.29 is 0 Å². The average Bonchev–Trinajstić information content (AvgIpc) is 3.04. The van der Waals surface area contributed by atoms with E-state index in [0.717, 1.165) is 34.0 Å². The van der Waals surface area contributed by atoms with Gasteiger partial charge in [-0.15, -0.1) is 0 Å². The van der Waals surface area contributed by atoms with Crippen LogP contribution in [0, 0.1) is 5.92 Å². The molecule has 3 heterocycles. The maximum Gasteiger partial charge on any atom is 0.139 e. The summed E-state index contributed by atoms with van der Waals surface area (Å²) in [6.45, 7) is 1.07. The molecule has 1 aliphatic carbocycles. The fourth-order valence-corrected chi connectivity index (χ4v) is 3.94. The Balaban J connectivity index is 1.84. The van der Waals surface area contributed by atoms with Gasteiger partial charge < -0.3 is 5.32 Å². The fourth-order valence-electron chi connectivity index (χ4n) is 3.31. The minimum atomic E-state index is 0.568. The average molecular weight is 319 g/mol. The topological polar surface area (TPSA) is 42.7 Å². The van der Waals surface area contributed by atoms with Gasteiger partial charge in [0, 0.05) is 24.5 Å². The first kappa shape index (κ1) is 11.5. The lowest BCUT2D eigenvalue weighted by Crippen LogP contribution is -2.29. The second kappa shape index (κ2) is 4.34. The predicted molar refractivity (Wildman–Crippen MR) is 78.0 cm³/mol. The maximum absolute atomic E-state index is 4.83. The number of rotatable bonds is 1. The molecule has 0 bridgehead atoms. The van der Waals surface area contributed by atoms with E-state index in [4.69, 9.17) is 5.10 Å². The molecule has 5 heteroatoms. The standard InChI is InChI=1S/C14H15BrN4/c15-12-13(10-4-2-6-16-7-10)18-19-11-5-1-3-9(11)8-17-14(12)19/h2,4,6-7,9,11,17H,1,3,5,8H2. The molecule has 0 spiro atoms. The van der Waals surface area contributed by atoms with Crippen LogP contribution in [0.4, 0.5) is 5.82 Å². The largest absolute Gasteiger partial charge is 0.369 e. The molecule has 2 unspecified atom stereocenters. The van der Waals surface area contributed by atoms with E-state index >= 15 is 0 Å². The van der Waals surface area contributed by atoms with Crippen LogP contribution in [0.1, 0.15) is 25.3 Å². The van der Waals surface area contributed by atoms with Gasteiger partial charge in [0.1, 0.15) is 11.5 Å². The monoisotopic (exact) mass is 318 g/mol. The van der Waals surface area contributed by atoms with Crippen LogP contribution in [0.3, 0.4) is 0 Å². The van der Waals surface area contributed by atoms with Gasteiger partial charge in [0.05, 0.1) is 10.5 Å². The van der Waals surface area contributed by atoms with Crippen LogP contribution < -0.4 is 5.32 Å². The van der Waals surface area contributed by atoms with Crippen molar-refractivity contribution >= 4 is 21.7 Å². The Labute approximate surface area is 120 Å². The van der Waals surface area contributed by atoms with Gasteiger partial charge in [-0.05, 0) is 46.8 Å². The van der Waals surface area contributed by atoms with Gasteiger partial charge in [0.25, 0.3) is 0 Å². The van der Waals surface area contributed by atoms with Crippen LogP contribution >= 0.6 is 15.9 Å². The molecule has 98 valence electrons. The SMILES string of the molecule is Brc1c(-c2cccnc2)nn2c1NCC1CCCC12. The summed E-state index contributed by atoms with van der Waals surface area (Å²) in [5.74, 6) is 1.86. The van der Waals surface area contributed by atoms with Crippen LogP contribution in [0.5, 0.6) is 0 Å². The van der Waals surface area contributed by atoms with Crippen molar-refractivity contribution in [2.75, 3.05) is 11.9 Å². The molecule has 0 aromatic carbocycles. The Hall–Kier alpha value is -1.36. The van der Waals surface area contributed by atoms with Crippen molar-refractivity contribution in [2.45, 2.75) is 25.3 Å². The first-order valence-corrected chi connectivity index (χ1v) is 7.56. The third-order valence-corrected chi connectivity index (χ3v) is 5.00. The zero-order valence-corrected chi connectivity index (χ0v) is 12.1. The molecule has 19 heavy (non-hydrogen) atoms. The molecule has 2 atom stereocenters. The number of halogens is 1. The normalized spacial score (nSPS) is 24.7. The third kappa shape index (κ3) is 1.71. The highest BCUT2D eigenvalue weighted by Gasteiger charge is 2.36. The van der Waals surface area contributed by atoms with Gasteiger partial charge in [-0.2, -0.15) is 5.10 Å². The van der Waals surface area contributed by atoms with Crippen LogP contribution in [-0.4, -0.2) is 21.3 Å².